The number of amides is 2. The van der Waals surface area contributed by atoms with Crippen LogP contribution in [-0.4, -0.2) is 42.3 Å². The van der Waals surface area contributed by atoms with Crippen molar-refractivity contribution in [2.45, 2.75) is 39.3 Å². The van der Waals surface area contributed by atoms with Gasteiger partial charge in [0.25, 0.3) is 0 Å². The number of piperidine rings is 1. The van der Waals surface area contributed by atoms with Crippen LogP contribution in [-0.2, 0) is 6.54 Å². The fourth-order valence-electron chi connectivity index (χ4n) is 4.16. The number of urea groups is 1. The second-order valence-corrected chi connectivity index (χ2v) is 8.39. The summed E-state index contributed by atoms with van der Waals surface area (Å²) in [6.07, 6.45) is 3.67. The highest BCUT2D eigenvalue weighted by molar-refractivity contribution is 5.99. The molecule has 1 unspecified atom stereocenters. The molecule has 1 aliphatic heterocycles. The molecule has 0 saturated carbocycles. The summed E-state index contributed by atoms with van der Waals surface area (Å²) in [6.45, 7) is 6.58. The van der Waals surface area contributed by atoms with E-state index in [1.54, 1.807) is 7.11 Å². The minimum Gasteiger partial charge on any atom is -0.493 e. The number of nitrogens with one attached hydrogen (secondary N) is 3. The predicted octanol–water partition coefficient (Wildman–Crippen LogP) is 4.04. The first-order valence-corrected chi connectivity index (χ1v) is 11.3. The van der Waals surface area contributed by atoms with Crippen molar-refractivity contribution in [1.82, 2.24) is 20.6 Å². The highest BCUT2D eigenvalue weighted by atomic mass is 16.5. The molecule has 2 heterocycles. The maximum absolute atomic E-state index is 12.5. The van der Waals surface area contributed by atoms with E-state index in [9.17, 15) is 4.79 Å². The van der Waals surface area contributed by atoms with E-state index < -0.39 is 0 Å². The lowest BCUT2D eigenvalue weighted by Gasteiger charge is -2.29. The number of nitrogens with zero attached hydrogens (tertiary/aromatic N) is 2. The van der Waals surface area contributed by atoms with E-state index in [1.807, 2.05) is 43.3 Å². The zero-order valence-electron chi connectivity index (χ0n) is 19.4. The zero-order valence-corrected chi connectivity index (χ0v) is 19.4. The number of carbonyl (C=O) groups is 1. The Morgan fingerprint density at radius 1 is 1.18 bits per heavy atom. The highest BCUT2D eigenvalue weighted by Crippen LogP contribution is 2.35. The molecule has 0 bridgehead atoms. The molecule has 2 amide bonds. The molecule has 4 rings (SSSR count). The molecular formula is C25H31N5O3. The number of fused-ring (bicyclic) bond motifs is 1. The summed E-state index contributed by atoms with van der Waals surface area (Å²) >= 11 is 0. The number of anilines is 1. The van der Waals surface area contributed by atoms with Crippen LogP contribution in [0.2, 0.25) is 0 Å². The van der Waals surface area contributed by atoms with Crippen LogP contribution in [0.15, 0.2) is 42.7 Å². The summed E-state index contributed by atoms with van der Waals surface area (Å²) in [5.41, 5.74) is 2.86. The van der Waals surface area contributed by atoms with Gasteiger partial charge in [-0.05, 0) is 62.9 Å². The average molecular weight is 450 g/mol. The zero-order chi connectivity index (χ0) is 23.2. The molecule has 3 aromatic rings. The van der Waals surface area contributed by atoms with Crippen molar-refractivity contribution in [2.24, 2.45) is 5.92 Å². The molecule has 1 atom stereocenters. The molecule has 3 N–H and O–H groups in total. The van der Waals surface area contributed by atoms with Gasteiger partial charge in [0.15, 0.2) is 11.5 Å². The first kappa shape index (κ1) is 22.8. The molecule has 2 aromatic carbocycles. The van der Waals surface area contributed by atoms with Gasteiger partial charge in [-0.1, -0.05) is 24.3 Å². The molecule has 1 aromatic heterocycles. The molecule has 1 aliphatic rings. The van der Waals surface area contributed by atoms with Crippen LogP contribution in [0, 0.1) is 12.8 Å². The molecule has 1 fully saturated rings. The van der Waals surface area contributed by atoms with E-state index >= 15 is 0 Å². The molecule has 0 spiro atoms. The molecule has 33 heavy (non-hydrogen) atoms. The Hall–Kier alpha value is -3.39. The van der Waals surface area contributed by atoms with E-state index in [2.05, 4.69) is 32.8 Å². The number of aryl methyl sites for hydroxylation is 1. The Morgan fingerprint density at radius 2 is 1.97 bits per heavy atom. The van der Waals surface area contributed by atoms with Gasteiger partial charge >= 0.3 is 6.03 Å². The van der Waals surface area contributed by atoms with Crippen LogP contribution in [0.25, 0.3) is 10.9 Å². The van der Waals surface area contributed by atoms with Crippen LogP contribution in [0.5, 0.6) is 11.5 Å². The highest BCUT2D eigenvalue weighted by Gasteiger charge is 2.23. The van der Waals surface area contributed by atoms with Crippen molar-refractivity contribution < 1.29 is 14.3 Å². The van der Waals surface area contributed by atoms with E-state index in [0.717, 1.165) is 37.1 Å². The lowest BCUT2D eigenvalue weighted by molar-refractivity contribution is 0.124. The number of ether oxygens (including phenoxy) is 2. The maximum atomic E-state index is 12.5. The minimum absolute atomic E-state index is 0.0603. The molecule has 1 saturated heterocycles. The standard InChI is InChI=1S/C25H31N5O3/c1-16-6-4-5-7-19(16)14-27-25(31)30-24-20-12-22(32-3)23(13-21(20)28-15-29-24)33-17(2)18-8-10-26-11-9-18/h4-7,12-13,15,17-18,26H,8-11,14H2,1-3H3,(H2,27,28,29,30,31). The average Bonchev–Trinajstić information content (AvgIpc) is 2.84. The van der Waals surface area contributed by atoms with E-state index in [0.29, 0.717) is 40.7 Å². The SMILES string of the molecule is COc1cc2c(NC(=O)NCc3ccccc3C)ncnc2cc1OC(C)C1CCNCC1. The molecule has 174 valence electrons. The van der Waals surface area contributed by atoms with E-state index in [4.69, 9.17) is 9.47 Å². The summed E-state index contributed by atoms with van der Waals surface area (Å²) in [5, 5.41) is 9.79. The molecular weight excluding hydrogens is 418 g/mol. The number of hydrogen-bond acceptors (Lipinski definition) is 6. The number of aromatic nitrogens is 2. The van der Waals surface area contributed by atoms with Gasteiger partial charge in [-0.3, -0.25) is 5.32 Å². The number of carbonyl (C=O) groups excluding carboxylic acids is 1. The van der Waals surface area contributed by atoms with Gasteiger partial charge in [-0.2, -0.15) is 0 Å². The predicted molar refractivity (Wildman–Crippen MR) is 129 cm³/mol. The monoisotopic (exact) mass is 449 g/mol. The second-order valence-electron chi connectivity index (χ2n) is 8.39. The first-order chi connectivity index (χ1) is 16.0. The minimum atomic E-state index is -0.336. The summed E-state index contributed by atoms with van der Waals surface area (Å²) < 4.78 is 11.9. The smallest absolute Gasteiger partial charge is 0.320 e. The van der Waals surface area contributed by atoms with E-state index in [1.165, 1.54) is 6.33 Å². The van der Waals surface area contributed by atoms with Gasteiger partial charge in [-0.15, -0.1) is 0 Å². The number of hydrogen-bond donors (Lipinski definition) is 3. The first-order valence-electron chi connectivity index (χ1n) is 11.3. The van der Waals surface area contributed by atoms with Crippen molar-refractivity contribution in [3.8, 4) is 11.5 Å². The van der Waals surface area contributed by atoms with Crippen LogP contribution in [0.3, 0.4) is 0 Å². The Bertz CT molecular complexity index is 1110. The normalized spacial score (nSPS) is 15.1. The van der Waals surface area contributed by atoms with Crippen molar-refractivity contribution >= 4 is 22.8 Å². The lowest BCUT2D eigenvalue weighted by Crippen LogP contribution is -2.35. The summed E-state index contributed by atoms with van der Waals surface area (Å²) in [4.78, 5) is 21.2. The lowest BCUT2D eigenvalue weighted by atomic mass is 9.93. The van der Waals surface area contributed by atoms with Crippen LogP contribution >= 0.6 is 0 Å². The largest absolute Gasteiger partial charge is 0.493 e. The van der Waals surface area contributed by atoms with Crippen molar-refractivity contribution in [1.29, 1.82) is 0 Å². The summed E-state index contributed by atoms with van der Waals surface area (Å²) in [6, 6.07) is 11.3. The number of methoxy groups -OCH3 is 1. The molecule has 8 nitrogen and oxygen atoms in total. The summed E-state index contributed by atoms with van der Waals surface area (Å²) in [5.74, 6) is 2.14. The van der Waals surface area contributed by atoms with Gasteiger partial charge in [0.1, 0.15) is 12.1 Å². The van der Waals surface area contributed by atoms with Gasteiger partial charge in [0, 0.05) is 18.0 Å². The Labute approximate surface area is 194 Å². The van der Waals surface area contributed by atoms with Crippen LogP contribution in [0.4, 0.5) is 10.6 Å². The van der Waals surface area contributed by atoms with E-state index in [-0.39, 0.29) is 12.1 Å². The number of benzene rings is 2. The molecule has 8 heteroatoms. The summed E-state index contributed by atoms with van der Waals surface area (Å²) in [7, 11) is 1.61. The van der Waals surface area contributed by atoms with Crippen molar-refractivity contribution in [3.05, 3.63) is 53.9 Å². The maximum Gasteiger partial charge on any atom is 0.320 e. The molecule has 0 radical (unpaired) electrons. The van der Waals surface area contributed by atoms with Gasteiger partial charge in [0.05, 0.1) is 18.7 Å². The van der Waals surface area contributed by atoms with Crippen molar-refractivity contribution in [3.63, 3.8) is 0 Å². The van der Waals surface area contributed by atoms with Gasteiger partial charge < -0.3 is 20.1 Å². The van der Waals surface area contributed by atoms with Gasteiger partial charge in [0.2, 0.25) is 0 Å². The third-order valence-corrected chi connectivity index (χ3v) is 6.21. The third kappa shape index (κ3) is 5.51. The quantitative estimate of drug-likeness (QED) is 0.504. The fraction of sp³-hybridized carbons (Fsp3) is 0.400. The van der Waals surface area contributed by atoms with Crippen LogP contribution in [0.1, 0.15) is 30.9 Å². The Morgan fingerprint density at radius 3 is 2.73 bits per heavy atom. The fourth-order valence-corrected chi connectivity index (χ4v) is 4.16. The molecule has 0 aliphatic carbocycles. The number of rotatable bonds is 7. The van der Waals surface area contributed by atoms with Crippen molar-refractivity contribution in [2.75, 3.05) is 25.5 Å². The third-order valence-electron chi connectivity index (χ3n) is 6.21. The van der Waals surface area contributed by atoms with Gasteiger partial charge in [-0.25, -0.2) is 14.8 Å². The van der Waals surface area contributed by atoms with Crippen LogP contribution < -0.4 is 25.4 Å². The second kappa shape index (κ2) is 10.5. The topological polar surface area (TPSA) is 97.4 Å². The Kier molecular flexibility index (Phi) is 7.24. The Balaban J connectivity index is 1.50.